The van der Waals surface area contributed by atoms with Gasteiger partial charge in [0, 0.05) is 36.1 Å². The Morgan fingerprint density at radius 2 is 1.65 bits per heavy atom. The summed E-state index contributed by atoms with van der Waals surface area (Å²) in [7, 11) is 0. The van der Waals surface area contributed by atoms with Crippen molar-refractivity contribution >= 4 is 34.8 Å². The van der Waals surface area contributed by atoms with Gasteiger partial charge in [-0.2, -0.15) is 0 Å². The van der Waals surface area contributed by atoms with Crippen LogP contribution >= 0.6 is 11.6 Å². The van der Waals surface area contributed by atoms with Crippen molar-refractivity contribution in [2.45, 2.75) is 12.6 Å². The molecular formula is C30H26ClN3O3. The zero-order valence-corrected chi connectivity index (χ0v) is 20.8. The first-order valence-corrected chi connectivity index (χ1v) is 12.4. The first-order chi connectivity index (χ1) is 18.0. The van der Waals surface area contributed by atoms with Crippen molar-refractivity contribution < 1.29 is 14.7 Å². The van der Waals surface area contributed by atoms with Crippen LogP contribution in [-0.2, 0) is 6.54 Å². The summed E-state index contributed by atoms with van der Waals surface area (Å²) in [6, 6.07) is 29.4. The number of hydrogen-bond donors (Lipinski definition) is 3. The minimum absolute atomic E-state index is 0.0963. The molecule has 6 nitrogen and oxygen atoms in total. The second-order valence-electron chi connectivity index (χ2n) is 8.87. The van der Waals surface area contributed by atoms with Crippen molar-refractivity contribution in [1.82, 2.24) is 5.32 Å². The third kappa shape index (κ3) is 5.27. The second kappa shape index (κ2) is 11.0. The number of amides is 2. The first-order valence-electron chi connectivity index (χ1n) is 12.0. The van der Waals surface area contributed by atoms with Crippen LogP contribution in [0.25, 0.3) is 11.1 Å². The number of nitrogens with one attached hydrogen (secondary N) is 2. The molecule has 1 aliphatic heterocycles. The summed E-state index contributed by atoms with van der Waals surface area (Å²) in [5.74, 6) is -0.542. The van der Waals surface area contributed by atoms with E-state index in [1.165, 1.54) is 0 Å². The quantitative estimate of drug-likeness (QED) is 0.336. The Balaban J connectivity index is 1.39. The van der Waals surface area contributed by atoms with E-state index in [1.54, 1.807) is 29.2 Å². The number of carbonyl (C=O) groups is 2. The lowest BCUT2D eigenvalue weighted by Gasteiger charge is -2.25. The molecule has 0 aliphatic carbocycles. The molecule has 0 fully saturated rings. The third-order valence-electron chi connectivity index (χ3n) is 6.45. The normalized spacial score (nSPS) is 15.0. The number of rotatable bonds is 5. The average Bonchev–Trinajstić information content (AvgIpc) is 3.13. The van der Waals surface area contributed by atoms with Crippen molar-refractivity contribution in [3.05, 3.63) is 119 Å². The molecule has 0 bridgehead atoms. The summed E-state index contributed by atoms with van der Waals surface area (Å²) in [6.45, 7) is 0.757. The number of para-hydroxylation sites is 1. The Labute approximate surface area is 220 Å². The Hall–Kier alpha value is -3.97. The van der Waals surface area contributed by atoms with Gasteiger partial charge in [-0.1, -0.05) is 78.3 Å². The van der Waals surface area contributed by atoms with Gasteiger partial charge >= 0.3 is 0 Å². The van der Waals surface area contributed by atoms with Crippen LogP contribution in [0.5, 0.6) is 0 Å². The fourth-order valence-corrected chi connectivity index (χ4v) is 4.80. The van der Waals surface area contributed by atoms with E-state index in [4.69, 9.17) is 11.6 Å². The Kier molecular flexibility index (Phi) is 7.32. The van der Waals surface area contributed by atoms with Crippen molar-refractivity contribution in [2.75, 3.05) is 23.4 Å². The largest absolute Gasteiger partial charge is 0.395 e. The Morgan fingerprint density at radius 1 is 0.919 bits per heavy atom. The average molecular weight is 512 g/mol. The zero-order chi connectivity index (χ0) is 25.8. The van der Waals surface area contributed by atoms with Crippen LogP contribution in [0.1, 0.15) is 26.3 Å². The van der Waals surface area contributed by atoms with Gasteiger partial charge in [-0.25, -0.2) is 0 Å². The highest BCUT2D eigenvalue weighted by atomic mass is 35.5. The van der Waals surface area contributed by atoms with Crippen molar-refractivity contribution in [1.29, 1.82) is 0 Å². The predicted octanol–water partition coefficient (Wildman–Crippen LogP) is 5.37. The van der Waals surface area contributed by atoms with E-state index in [0.717, 1.165) is 22.4 Å². The van der Waals surface area contributed by atoms with Crippen LogP contribution in [0.2, 0.25) is 5.02 Å². The molecule has 0 spiro atoms. The number of fused-ring (bicyclic) bond motifs is 1. The lowest BCUT2D eigenvalue weighted by molar-refractivity contribution is 0.0981. The molecule has 3 N–H and O–H groups in total. The van der Waals surface area contributed by atoms with Gasteiger partial charge < -0.3 is 20.6 Å². The van der Waals surface area contributed by atoms with Gasteiger partial charge in [0.1, 0.15) is 0 Å². The van der Waals surface area contributed by atoms with E-state index in [2.05, 4.69) is 10.6 Å². The van der Waals surface area contributed by atoms with Gasteiger partial charge in [-0.3, -0.25) is 9.59 Å². The Morgan fingerprint density at radius 3 is 2.43 bits per heavy atom. The number of carbonyl (C=O) groups excluding carboxylic acids is 2. The molecular weight excluding hydrogens is 486 g/mol. The van der Waals surface area contributed by atoms with Crippen molar-refractivity contribution in [2.24, 2.45) is 0 Å². The number of aliphatic hydroxyl groups excluding tert-OH is 1. The fourth-order valence-electron chi connectivity index (χ4n) is 4.54. The molecule has 0 radical (unpaired) electrons. The number of nitrogens with zero attached hydrogens (tertiary/aromatic N) is 1. The topological polar surface area (TPSA) is 81.7 Å². The molecule has 0 saturated heterocycles. The number of halogens is 1. The molecule has 4 aromatic carbocycles. The molecule has 5 rings (SSSR count). The van der Waals surface area contributed by atoms with Gasteiger partial charge in [0.05, 0.1) is 17.2 Å². The maximum atomic E-state index is 13.6. The lowest BCUT2D eigenvalue weighted by atomic mass is 9.99. The molecule has 186 valence electrons. The van der Waals surface area contributed by atoms with Crippen LogP contribution in [0, 0.1) is 0 Å². The zero-order valence-electron chi connectivity index (χ0n) is 20.0. The van der Waals surface area contributed by atoms with Gasteiger partial charge in [0.2, 0.25) is 0 Å². The summed E-state index contributed by atoms with van der Waals surface area (Å²) in [5.41, 5.74) is 4.85. The second-order valence-corrected chi connectivity index (χ2v) is 9.27. The molecule has 1 aliphatic rings. The SMILES string of the molecule is O=C(Nc1ccc(C(=O)N2C[C@@H](CO)NCc3ccccc32)c(Cl)c1)c1ccccc1-c1ccccc1. The standard InChI is InChI=1S/C30H26ClN3O3/c31-27-16-22(33-29(36)25-12-6-5-11-24(25)20-8-2-1-3-9-20)14-15-26(27)30(37)34-18-23(19-35)32-17-21-10-4-7-13-28(21)34/h1-16,23,32,35H,17-19H2,(H,33,36)/t23-/m0/s1. The van der Waals surface area contributed by atoms with Crippen LogP contribution in [0.4, 0.5) is 11.4 Å². The molecule has 7 heteroatoms. The molecule has 1 atom stereocenters. The summed E-state index contributed by atoms with van der Waals surface area (Å²) in [6.07, 6.45) is 0. The summed E-state index contributed by atoms with van der Waals surface area (Å²) in [5, 5.41) is 16.2. The minimum Gasteiger partial charge on any atom is -0.395 e. The predicted molar refractivity (Wildman–Crippen MR) is 147 cm³/mol. The Bertz CT molecular complexity index is 1440. The van der Waals surface area contributed by atoms with E-state index >= 15 is 0 Å². The summed E-state index contributed by atoms with van der Waals surface area (Å²) < 4.78 is 0. The van der Waals surface area contributed by atoms with Crippen LogP contribution in [0.15, 0.2) is 97.1 Å². The highest BCUT2D eigenvalue weighted by Gasteiger charge is 2.27. The van der Waals surface area contributed by atoms with E-state index < -0.39 is 0 Å². The van der Waals surface area contributed by atoms with Crippen molar-refractivity contribution in [3.63, 3.8) is 0 Å². The lowest BCUT2D eigenvalue weighted by Crippen LogP contribution is -2.43. The minimum atomic E-state index is -0.271. The molecule has 4 aromatic rings. The van der Waals surface area contributed by atoms with Gasteiger partial charge in [-0.05, 0) is 47.0 Å². The summed E-state index contributed by atoms with van der Waals surface area (Å²) >= 11 is 6.57. The van der Waals surface area contributed by atoms with Gasteiger partial charge in [-0.15, -0.1) is 0 Å². The molecule has 2 amide bonds. The van der Waals surface area contributed by atoms with Gasteiger partial charge in [0.25, 0.3) is 11.8 Å². The maximum Gasteiger partial charge on any atom is 0.259 e. The highest BCUT2D eigenvalue weighted by molar-refractivity contribution is 6.35. The molecule has 37 heavy (non-hydrogen) atoms. The van der Waals surface area contributed by atoms with Gasteiger partial charge in [0.15, 0.2) is 0 Å². The van der Waals surface area contributed by atoms with Crippen LogP contribution < -0.4 is 15.5 Å². The van der Waals surface area contributed by atoms with E-state index in [-0.39, 0.29) is 29.5 Å². The van der Waals surface area contributed by atoms with E-state index in [9.17, 15) is 14.7 Å². The number of anilines is 2. The monoisotopic (exact) mass is 511 g/mol. The highest BCUT2D eigenvalue weighted by Crippen LogP contribution is 2.29. The molecule has 0 saturated carbocycles. The number of benzene rings is 4. The van der Waals surface area contributed by atoms with Crippen LogP contribution in [-0.4, -0.2) is 36.1 Å². The number of hydrogen-bond acceptors (Lipinski definition) is 4. The molecule has 1 heterocycles. The van der Waals surface area contributed by atoms with E-state index in [1.807, 2.05) is 72.8 Å². The number of aliphatic hydroxyl groups is 1. The maximum absolute atomic E-state index is 13.6. The summed E-state index contributed by atoms with van der Waals surface area (Å²) in [4.78, 5) is 28.4. The van der Waals surface area contributed by atoms with Crippen LogP contribution in [0.3, 0.4) is 0 Å². The third-order valence-corrected chi connectivity index (χ3v) is 6.76. The molecule has 0 aromatic heterocycles. The van der Waals surface area contributed by atoms with Crippen molar-refractivity contribution in [3.8, 4) is 11.1 Å². The fraction of sp³-hybridized carbons (Fsp3) is 0.133. The smallest absolute Gasteiger partial charge is 0.259 e. The molecule has 0 unspecified atom stereocenters. The van der Waals surface area contributed by atoms with E-state index in [0.29, 0.717) is 29.9 Å². The first kappa shape index (κ1) is 24.7.